The molecule has 0 saturated carbocycles. The molecule has 12 heteroatoms. The molecule has 33 heavy (non-hydrogen) atoms. The monoisotopic (exact) mass is 475 g/mol. The normalized spacial score (nSPS) is 11.2. The molecule has 0 aliphatic carbocycles. The van der Waals surface area contributed by atoms with Crippen molar-refractivity contribution in [2.24, 2.45) is 0 Å². The molecule has 2 aromatic carbocycles. The number of anilines is 1. The Bertz CT molecular complexity index is 1300. The predicted molar refractivity (Wildman–Crippen MR) is 111 cm³/mol. The number of aromatic nitrogens is 2. The SMILES string of the molecule is O=C(Nc1onc(-c2nccs2)c1-c1ccccc1C(=O)O)c1ccc(OC(F)(F)F)cc1. The number of thiazole rings is 1. The molecule has 1 amide bonds. The molecule has 2 N–H and O–H groups in total. The molecule has 0 bridgehead atoms. The van der Waals surface area contributed by atoms with Crippen LogP contribution in [0.2, 0.25) is 0 Å². The first-order chi connectivity index (χ1) is 15.7. The summed E-state index contributed by atoms with van der Waals surface area (Å²) in [6.45, 7) is 0. The van der Waals surface area contributed by atoms with Gasteiger partial charge in [-0.3, -0.25) is 10.1 Å². The van der Waals surface area contributed by atoms with Crippen molar-refractivity contribution in [2.45, 2.75) is 6.36 Å². The van der Waals surface area contributed by atoms with E-state index >= 15 is 0 Å². The van der Waals surface area contributed by atoms with E-state index in [0.717, 1.165) is 24.3 Å². The van der Waals surface area contributed by atoms with Gasteiger partial charge in [0, 0.05) is 22.7 Å². The molecule has 0 atom stereocenters. The number of nitrogens with one attached hydrogen (secondary N) is 1. The van der Waals surface area contributed by atoms with Crippen molar-refractivity contribution in [3.05, 3.63) is 71.2 Å². The molecule has 2 aromatic heterocycles. The number of benzene rings is 2. The van der Waals surface area contributed by atoms with Gasteiger partial charge in [0.25, 0.3) is 5.91 Å². The van der Waals surface area contributed by atoms with Gasteiger partial charge in [0.05, 0.1) is 11.1 Å². The zero-order valence-electron chi connectivity index (χ0n) is 16.3. The number of carbonyl (C=O) groups is 2. The minimum absolute atomic E-state index is 0.00851. The number of amides is 1. The topological polar surface area (TPSA) is 115 Å². The molecule has 0 spiro atoms. The molecule has 8 nitrogen and oxygen atoms in total. The lowest BCUT2D eigenvalue weighted by molar-refractivity contribution is -0.274. The fourth-order valence-electron chi connectivity index (χ4n) is 2.98. The third kappa shape index (κ3) is 4.85. The van der Waals surface area contributed by atoms with Crippen LogP contribution >= 0.6 is 11.3 Å². The van der Waals surface area contributed by atoms with E-state index in [0.29, 0.717) is 5.01 Å². The fraction of sp³-hybridized carbons (Fsp3) is 0.0476. The van der Waals surface area contributed by atoms with Crippen molar-refractivity contribution < 1.29 is 37.1 Å². The average Bonchev–Trinajstić information content (AvgIpc) is 3.43. The number of ether oxygens (including phenoxy) is 1. The zero-order chi connectivity index (χ0) is 23.6. The van der Waals surface area contributed by atoms with Crippen molar-refractivity contribution in [3.8, 4) is 27.6 Å². The number of aromatic carboxylic acids is 1. The van der Waals surface area contributed by atoms with Crippen molar-refractivity contribution in [3.63, 3.8) is 0 Å². The van der Waals surface area contributed by atoms with Crippen LogP contribution < -0.4 is 10.1 Å². The van der Waals surface area contributed by atoms with Crippen molar-refractivity contribution in [2.75, 3.05) is 5.32 Å². The van der Waals surface area contributed by atoms with E-state index in [-0.39, 0.29) is 33.8 Å². The lowest BCUT2D eigenvalue weighted by Crippen LogP contribution is -2.17. The molecule has 0 radical (unpaired) electrons. The smallest absolute Gasteiger partial charge is 0.478 e. The summed E-state index contributed by atoms with van der Waals surface area (Å²) in [7, 11) is 0. The molecule has 0 aliphatic heterocycles. The van der Waals surface area contributed by atoms with Crippen LogP contribution in [-0.4, -0.2) is 33.5 Å². The van der Waals surface area contributed by atoms with Crippen molar-refractivity contribution >= 4 is 29.1 Å². The second-order valence-corrected chi connectivity index (χ2v) is 7.34. The van der Waals surface area contributed by atoms with Gasteiger partial charge >= 0.3 is 12.3 Å². The quantitative estimate of drug-likeness (QED) is 0.388. The first-order valence-electron chi connectivity index (χ1n) is 9.12. The van der Waals surface area contributed by atoms with Crippen molar-refractivity contribution in [1.29, 1.82) is 0 Å². The number of nitrogens with zero attached hydrogens (tertiary/aromatic N) is 2. The Morgan fingerprint density at radius 2 is 1.82 bits per heavy atom. The van der Waals surface area contributed by atoms with Gasteiger partial charge in [0.1, 0.15) is 10.8 Å². The average molecular weight is 475 g/mol. The van der Waals surface area contributed by atoms with Gasteiger partial charge in [0.15, 0.2) is 5.69 Å². The first-order valence-corrected chi connectivity index (χ1v) is 10.0. The molecule has 168 valence electrons. The highest BCUT2D eigenvalue weighted by molar-refractivity contribution is 7.13. The number of carboxylic acid groups (broad SMARTS) is 1. The van der Waals surface area contributed by atoms with Crippen LogP contribution in [0.4, 0.5) is 19.1 Å². The predicted octanol–water partition coefficient (Wildman–Crippen LogP) is 5.31. The van der Waals surface area contributed by atoms with Gasteiger partial charge in [-0.2, -0.15) is 0 Å². The standard InChI is InChI=1S/C21H12F3N3O5S/c22-21(23,24)31-12-7-5-11(6-8-12)17(28)26-18-15(13-3-1-2-4-14(13)20(29)30)16(27-32-18)19-25-9-10-33-19/h1-10H,(H,26,28)(H,29,30). The lowest BCUT2D eigenvalue weighted by Gasteiger charge is -2.10. The van der Waals surface area contributed by atoms with Gasteiger partial charge in [-0.1, -0.05) is 23.4 Å². The number of carbonyl (C=O) groups excluding carboxylic acids is 1. The van der Waals surface area contributed by atoms with Gasteiger partial charge in [-0.15, -0.1) is 24.5 Å². The van der Waals surface area contributed by atoms with Crippen LogP contribution in [0.3, 0.4) is 0 Å². The number of alkyl halides is 3. The molecule has 0 aliphatic rings. The van der Waals surface area contributed by atoms with E-state index in [1.165, 1.54) is 29.7 Å². The van der Waals surface area contributed by atoms with Crippen molar-refractivity contribution in [1.82, 2.24) is 10.1 Å². The van der Waals surface area contributed by atoms with E-state index in [2.05, 4.69) is 20.2 Å². The zero-order valence-corrected chi connectivity index (χ0v) is 17.1. The molecular formula is C21H12F3N3O5S. The van der Waals surface area contributed by atoms with Crippen LogP contribution in [0.15, 0.2) is 64.6 Å². The molecule has 0 fully saturated rings. The summed E-state index contributed by atoms with van der Waals surface area (Å²) in [5, 5.41) is 18.2. The summed E-state index contributed by atoms with van der Waals surface area (Å²) in [6.07, 6.45) is -3.33. The maximum Gasteiger partial charge on any atom is 0.573 e. The van der Waals surface area contributed by atoms with E-state index in [9.17, 15) is 27.9 Å². The maximum absolute atomic E-state index is 12.7. The van der Waals surface area contributed by atoms with E-state index in [1.807, 2.05) is 0 Å². The maximum atomic E-state index is 12.7. The molecule has 0 unspecified atom stereocenters. The fourth-order valence-corrected chi connectivity index (χ4v) is 3.61. The Morgan fingerprint density at radius 1 is 1.09 bits per heavy atom. The minimum atomic E-state index is -4.86. The van der Waals surface area contributed by atoms with E-state index < -0.39 is 24.0 Å². The second kappa shape index (κ2) is 8.74. The molecular weight excluding hydrogens is 463 g/mol. The summed E-state index contributed by atoms with van der Waals surface area (Å²) in [6, 6.07) is 10.3. The van der Waals surface area contributed by atoms with Gasteiger partial charge in [0.2, 0.25) is 5.88 Å². The van der Waals surface area contributed by atoms with E-state index in [1.54, 1.807) is 17.5 Å². The van der Waals surface area contributed by atoms with Crippen LogP contribution in [-0.2, 0) is 0 Å². The highest BCUT2D eigenvalue weighted by Crippen LogP contribution is 2.40. The van der Waals surface area contributed by atoms with Crippen LogP contribution in [0.5, 0.6) is 5.75 Å². The number of carboxylic acids is 1. The third-order valence-corrected chi connectivity index (χ3v) is 5.11. The van der Waals surface area contributed by atoms with Crippen LogP contribution in [0.1, 0.15) is 20.7 Å². The van der Waals surface area contributed by atoms with Gasteiger partial charge < -0.3 is 14.4 Å². The Morgan fingerprint density at radius 3 is 2.45 bits per heavy atom. The Balaban J connectivity index is 1.71. The van der Waals surface area contributed by atoms with E-state index in [4.69, 9.17) is 4.52 Å². The largest absolute Gasteiger partial charge is 0.573 e. The number of hydrogen-bond donors (Lipinski definition) is 2. The van der Waals surface area contributed by atoms with Crippen LogP contribution in [0, 0.1) is 0 Å². The number of halogens is 3. The highest BCUT2D eigenvalue weighted by atomic mass is 32.1. The lowest BCUT2D eigenvalue weighted by atomic mass is 9.99. The third-order valence-electron chi connectivity index (χ3n) is 4.33. The summed E-state index contributed by atoms with van der Waals surface area (Å²) in [5.74, 6) is -2.55. The Kier molecular flexibility index (Phi) is 5.84. The second-order valence-electron chi connectivity index (χ2n) is 6.45. The number of rotatable bonds is 6. The molecule has 4 aromatic rings. The summed E-state index contributed by atoms with van der Waals surface area (Å²) < 4.78 is 46.1. The highest BCUT2D eigenvalue weighted by Gasteiger charge is 2.31. The molecule has 2 heterocycles. The summed E-state index contributed by atoms with van der Waals surface area (Å²) in [5.41, 5.74) is 0.619. The Labute approximate surface area is 187 Å². The Hall–Kier alpha value is -4.19. The minimum Gasteiger partial charge on any atom is -0.478 e. The first kappa shape index (κ1) is 22.0. The van der Waals surface area contributed by atoms with Gasteiger partial charge in [-0.25, -0.2) is 9.78 Å². The summed E-state index contributed by atoms with van der Waals surface area (Å²) in [4.78, 5) is 28.6. The van der Waals surface area contributed by atoms with Gasteiger partial charge in [-0.05, 0) is 30.3 Å². The molecule has 0 saturated heterocycles. The van der Waals surface area contributed by atoms with Crippen LogP contribution in [0.25, 0.3) is 21.8 Å². The molecule has 4 rings (SSSR count). The number of hydrogen-bond acceptors (Lipinski definition) is 7. The summed E-state index contributed by atoms with van der Waals surface area (Å²) >= 11 is 1.23.